The summed E-state index contributed by atoms with van der Waals surface area (Å²) < 4.78 is 0. The van der Waals surface area contributed by atoms with Gasteiger partial charge in [-0.2, -0.15) is 0 Å². The van der Waals surface area contributed by atoms with Gasteiger partial charge in [0, 0.05) is 13.0 Å². The lowest BCUT2D eigenvalue weighted by Crippen LogP contribution is -2.62. The molecule has 0 spiro atoms. The van der Waals surface area contributed by atoms with Gasteiger partial charge in [0.05, 0.1) is 11.9 Å². The highest BCUT2D eigenvalue weighted by molar-refractivity contribution is 6.21. The molecule has 3 amide bonds. The van der Waals surface area contributed by atoms with Crippen LogP contribution in [0.15, 0.2) is 0 Å². The minimum Gasteiger partial charge on any atom is -0.345 e. The van der Waals surface area contributed by atoms with Crippen molar-refractivity contribution in [2.75, 3.05) is 19.6 Å². The first-order valence-electron chi connectivity index (χ1n) is 7.02. The van der Waals surface area contributed by atoms with Gasteiger partial charge in [-0.15, -0.1) is 11.6 Å². The van der Waals surface area contributed by atoms with Crippen molar-refractivity contribution in [3.8, 4) is 0 Å². The lowest BCUT2D eigenvalue weighted by atomic mass is 10.0. The van der Waals surface area contributed by atoms with Crippen molar-refractivity contribution >= 4 is 29.3 Å². The molecule has 0 aromatic carbocycles. The number of carbonyl (C=O) groups is 3. The zero-order valence-electron chi connectivity index (χ0n) is 11.6. The molecule has 0 aliphatic carbocycles. The van der Waals surface area contributed by atoms with Gasteiger partial charge < -0.3 is 15.1 Å². The average Bonchev–Trinajstić information content (AvgIpc) is 2.42. The van der Waals surface area contributed by atoms with Crippen LogP contribution in [-0.4, -0.2) is 58.7 Å². The fourth-order valence-electron chi connectivity index (χ4n) is 2.71. The van der Waals surface area contributed by atoms with Gasteiger partial charge in [-0.1, -0.05) is 6.92 Å². The maximum Gasteiger partial charge on any atom is 0.244 e. The summed E-state index contributed by atoms with van der Waals surface area (Å²) in [4.78, 5) is 38.9. The van der Waals surface area contributed by atoms with Gasteiger partial charge in [0.2, 0.25) is 17.7 Å². The third kappa shape index (κ3) is 3.23. The number of nitrogens with zero attached hydrogens (tertiary/aromatic N) is 2. The molecule has 2 saturated heterocycles. The minimum absolute atomic E-state index is 0.00151. The minimum atomic E-state index is -0.331. The zero-order chi connectivity index (χ0) is 14.7. The summed E-state index contributed by atoms with van der Waals surface area (Å²) in [5.74, 6) is -0.320. The molecule has 0 saturated carbocycles. The van der Waals surface area contributed by atoms with Gasteiger partial charge >= 0.3 is 0 Å². The molecule has 2 aliphatic rings. The van der Waals surface area contributed by atoms with Gasteiger partial charge in [-0.25, -0.2) is 0 Å². The summed E-state index contributed by atoms with van der Waals surface area (Å²) in [6, 6.07) is 0. The summed E-state index contributed by atoms with van der Waals surface area (Å²) in [6.07, 6.45) is 2.23. The first-order chi connectivity index (χ1) is 9.52. The summed E-state index contributed by atoms with van der Waals surface area (Å²) in [7, 11) is 0. The number of nitrogens with one attached hydrogen (secondary N) is 1. The second kappa shape index (κ2) is 6.43. The average molecular weight is 302 g/mol. The number of hydrogen-bond donors (Lipinski definition) is 1. The third-order valence-electron chi connectivity index (χ3n) is 3.71. The maximum atomic E-state index is 12.2. The maximum absolute atomic E-state index is 12.2. The monoisotopic (exact) mass is 301 g/mol. The number of rotatable bonds is 3. The molecular weight excluding hydrogens is 282 g/mol. The van der Waals surface area contributed by atoms with Crippen LogP contribution in [0.3, 0.4) is 0 Å². The highest BCUT2D eigenvalue weighted by Gasteiger charge is 2.38. The van der Waals surface area contributed by atoms with E-state index < -0.39 is 0 Å². The van der Waals surface area contributed by atoms with Crippen molar-refractivity contribution in [2.24, 2.45) is 0 Å². The van der Waals surface area contributed by atoms with E-state index in [1.54, 1.807) is 4.90 Å². The molecule has 0 radical (unpaired) electrons. The summed E-state index contributed by atoms with van der Waals surface area (Å²) >= 11 is 6.15. The van der Waals surface area contributed by atoms with E-state index in [2.05, 4.69) is 5.32 Å². The number of alkyl halides is 1. The van der Waals surface area contributed by atoms with Crippen LogP contribution in [0, 0.1) is 0 Å². The van der Waals surface area contributed by atoms with Crippen molar-refractivity contribution in [1.82, 2.24) is 15.1 Å². The van der Waals surface area contributed by atoms with Crippen LogP contribution in [0.2, 0.25) is 0 Å². The highest BCUT2D eigenvalue weighted by Crippen LogP contribution is 2.25. The molecule has 7 heteroatoms. The Bertz CT molecular complexity index is 416. The Morgan fingerprint density at radius 1 is 1.40 bits per heavy atom. The van der Waals surface area contributed by atoms with Gasteiger partial charge in [0.1, 0.15) is 12.7 Å². The van der Waals surface area contributed by atoms with E-state index in [1.807, 2.05) is 6.92 Å². The van der Waals surface area contributed by atoms with Gasteiger partial charge in [-0.3, -0.25) is 14.4 Å². The topological polar surface area (TPSA) is 69.7 Å². The SMILES string of the molecule is CCCC(=O)N1CC(Cl)CCC1N1CC(=O)NCC1=O. The van der Waals surface area contributed by atoms with E-state index in [1.165, 1.54) is 4.90 Å². The molecule has 0 aromatic heterocycles. The van der Waals surface area contributed by atoms with Crippen molar-refractivity contribution < 1.29 is 14.4 Å². The predicted molar refractivity (Wildman–Crippen MR) is 74.0 cm³/mol. The molecule has 112 valence electrons. The van der Waals surface area contributed by atoms with Crippen LogP contribution >= 0.6 is 11.6 Å². The molecule has 2 rings (SSSR count). The molecule has 20 heavy (non-hydrogen) atoms. The number of halogens is 1. The van der Waals surface area contributed by atoms with Gasteiger partial charge in [0.15, 0.2) is 0 Å². The molecule has 2 fully saturated rings. The van der Waals surface area contributed by atoms with Crippen LogP contribution < -0.4 is 5.32 Å². The lowest BCUT2D eigenvalue weighted by molar-refractivity contribution is -0.154. The second-order valence-corrected chi connectivity index (χ2v) is 5.87. The molecule has 6 nitrogen and oxygen atoms in total. The lowest BCUT2D eigenvalue weighted by Gasteiger charge is -2.44. The quantitative estimate of drug-likeness (QED) is 0.762. The molecule has 0 bridgehead atoms. The smallest absolute Gasteiger partial charge is 0.244 e. The molecule has 2 atom stereocenters. The number of piperazine rings is 1. The van der Waals surface area contributed by atoms with Crippen LogP contribution in [0.5, 0.6) is 0 Å². The van der Waals surface area contributed by atoms with E-state index in [-0.39, 0.29) is 42.4 Å². The Morgan fingerprint density at radius 3 is 2.85 bits per heavy atom. The number of hydrogen-bond acceptors (Lipinski definition) is 3. The Balaban J connectivity index is 2.15. The van der Waals surface area contributed by atoms with Crippen molar-refractivity contribution in [2.45, 2.75) is 44.1 Å². The number of amides is 3. The molecule has 2 unspecified atom stereocenters. The van der Waals surface area contributed by atoms with Crippen molar-refractivity contribution in [3.63, 3.8) is 0 Å². The Labute approximate surface area is 123 Å². The number of carbonyl (C=O) groups excluding carboxylic acids is 3. The third-order valence-corrected chi connectivity index (χ3v) is 4.06. The van der Waals surface area contributed by atoms with Crippen molar-refractivity contribution in [3.05, 3.63) is 0 Å². The van der Waals surface area contributed by atoms with Crippen molar-refractivity contribution in [1.29, 1.82) is 0 Å². The molecule has 1 N–H and O–H groups in total. The van der Waals surface area contributed by atoms with Crippen LogP contribution in [0.4, 0.5) is 0 Å². The first kappa shape index (κ1) is 15.1. The van der Waals surface area contributed by atoms with Crippen LogP contribution in [-0.2, 0) is 14.4 Å². The Hall–Kier alpha value is -1.30. The van der Waals surface area contributed by atoms with E-state index in [4.69, 9.17) is 11.6 Å². The van der Waals surface area contributed by atoms with Gasteiger partial charge in [-0.05, 0) is 19.3 Å². The highest BCUT2D eigenvalue weighted by atomic mass is 35.5. The number of piperidine rings is 1. The fraction of sp³-hybridized carbons (Fsp3) is 0.769. The molecule has 2 heterocycles. The summed E-state index contributed by atoms with van der Waals surface area (Å²) in [5.41, 5.74) is 0. The van der Waals surface area contributed by atoms with Crippen LogP contribution in [0.25, 0.3) is 0 Å². The molecule has 2 aliphatic heterocycles. The van der Waals surface area contributed by atoms with Crippen LogP contribution in [0.1, 0.15) is 32.6 Å². The van der Waals surface area contributed by atoms with E-state index in [0.29, 0.717) is 19.4 Å². The fourth-order valence-corrected chi connectivity index (χ4v) is 2.98. The Kier molecular flexibility index (Phi) is 4.86. The number of likely N-dealkylation sites (tertiary alicyclic amines) is 1. The summed E-state index contributed by atoms with van der Waals surface area (Å²) in [6.45, 7) is 2.41. The molecular formula is C13H20ClN3O3. The predicted octanol–water partition coefficient (Wildman–Crippen LogP) is 0.301. The standard InChI is InChI=1S/C13H20ClN3O3/c1-2-3-12(19)16-7-9(14)4-5-11(16)17-8-10(18)15-6-13(17)20/h9,11H,2-8H2,1H3,(H,15,18). The largest absolute Gasteiger partial charge is 0.345 e. The molecule has 0 aromatic rings. The summed E-state index contributed by atoms with van der Waals surface area (Å²) in [5, 5.41) is 2.44. The second-order valence-electron chi connectivity index (χ2n) is 5.25. The Morgan fingerprint density at radius 2 is 2.15 bits per heavy atom. The zero-order valence-corrected chi connectivity index (χ0v) is 12.4. The first-order valence-corrected chi connectivity index (χ1v) is 7.46. The van der Waals surface area contributed by atoms with E-state index in [9.17, 15) is 14.4 Å². The van der Waals surface area contributed by atoms with E-state index >= 15 is 0 Å². The van der Waals surface area contributed by atoms with Gasteiger partial charge in [0.25, 0.3) is 0 Å². The normalized spacial score (nSPS) is 27.5. The van der Waals surface area contributed by atoms with E-state index in [0.717, 1.165) is 12.8 Å².